The molecule has 1 aromatic carbocycles. The van der Waals surface area contributed by atoms with Gasteiger partial charge in [-0.25, -0.2) is 4.79 Å². The number of urea groups is 1. The van der Waals surface area contributed by atoms with Crippen molar-refractivity contribution >= 4 is 23.1 Å². The average Bonchev–Trinajstić information content (AvgIpc) is 3.18. The number of anilines is 1. The normalized spacial score (nSPS) is 16.6. The zero-order valence-electron chi connectivity index (χ0n) is 14.8. The summed E-state index contributed by atoms with van der Waals surface area (Å²) in [6.07, 6.45) is 0. The second-order valence-corrected chi connectivity index (χ2v) is 7.37. The van der Waals surface area contributed by atoms with Crippen molar-refractivity contribution in [2.24, 2.45) is 0 Å². The molecule has 7 heteroatoms. The van der Waals surface area contributed by atoms with Crippen LogP contribution >= 0.6 is 11.3 Å². The molecule has 1 aliphatic rings. The molecular weight excluding hydrogens is 346 g/mol. The van der Waals surface area contributed by atoms with E-state index in [2.05, 4.69) is 51.1 Å². The van der Waals surface area contributed by atoms with Crippen molar-refractivity contribution in [2.75, 3.05) is 45.1 Å². The van der Waals surface area contributed by atoms with Crippen LogP contribution in [-0.4, -0.2) is 55.6 Å². The number of hydrogen-bond donors (Lipinski definition) is 2. The minimum absolute atomic E-state index is 0.190. The fraction of sp³-hybridized carbons (Fsp3) is 0.368. The Labute approximate surface area is 158 Å². The summed E-state index contributed by atoms with van der Waals surface area (Å²) in [5.74, 6) is 0. The van der Waals surface area contributed by atoms with Crippen LogP contribution in [0.1, 0.15) is 16.5 Å². The molecule has 1 atom stereocenters. The number of piperazine rings is 1. The molecule has 26 heavy (non-hydrogen) atoms. The van der Waals surface area contributed by atoms with Crippen molar-refractivity contribution in [3.8, 4) is 6.07 Å². The van der Waals surface area contributed by atoms with Gasteiger partial charge in [-0.1, -0.05) is 6.07 Å². The highest BCUT2D eigenvalue weighted by atomic mass is 32.1. The van der Waals surface area contributed by atoms with Crippen LogP contribution in [0.3, 0.4) is 0 Å². The first-order valence-electron chi connectivity index (χ1n) is 8.67. The summed E-state index contributed by atoms with van der Waals surface area (Å²) in [6, 6.07) is 13.1. The Morgan fingerprint density at radius 3 is 2.58 bits per heavy atom. The number of nitrogens with one attached hydrogen (secondary N) is 2. The number of nitrogens with zero attached hydrogens (tertiary/aromatic N) is 3. The molecule has 0 unspecified atom stereocenters. The predicted octanol–water partition coefficient (Wildman–Crippen LogP) is 2.73. The number of thiophene rings is 1. The van der Waals surface area contributed by atoms with Gasteiger partial charge in [0.1, 0.15) is 0 Å². The standard InChI is InChI=1S/C19H23N5OS/c1-23-8-10-24(11-9-23)17(18-3-2-12-26-18)14-21-19(25)22-16-6-4-15(13-20)5-7-16/h2-7,12,17H,8-11,14H2,1H3,(H2,21,22,25)/t17-/m0/s1. The van der Waals surface area contributed by atoms with E-state index in [0.29, 0.717) is 17.8 Å². The maximum Gasteiger partial charge on any atom is 0.319 e. The molecule has 1 saturated heterocycles. The lowest BCUT2D eigenvalue weighted by atomic mass is 10.1. The van der Waals surface area contributed by atoms with Crippen LogP contribution < -0.4 is 10.6 Å². The van der Waals surface area contributed by atoms with Crippen LogP contribution in [0.5, 0.6) is 0 Å². The smallest absolute Gasteiger partial charge is 0.319 e. The molecule has 0 aliphatic carbocycles. The quantitative estimate of drug-likeness (QED) is 0.850. The largest absolute Gasteiger partial charge is 0.336 e. The van der Waals surface area contributed by atoms with Crippen LogP contribution in [-0.2, 0) is 0 Å². The Morgan fingerprint density at radius 1 is 1.23 bits per heavy atom. The average molecular weight is 369 g/mol. The maximum atomic E-state index is 12.3. The molecule has 3 rings (SSSR count). The van der Waals surface area contributed by atoms with Crippen LogP contribution in [0, 0.1) is 11.3 Å². The molecule has 2 heterocycles. The molecule has 2 amide bonds. The number of benzene rings is 1. The SMILES string of the molecule is CN1CCN([C@@H](CNC(=O)Nc2ccc(C#N)cc2)c2cccs2)CC1. The lowest BCUT2D eigenvalue weighted by Crippen LogP contribution is -2.48. The van der Waals surface area contributed by atoms with Gasteiger partial charge in [-0.3, -0.25) is 4.90 Å². The lowest BCUT2D eigenvalue weighted by Gasteiger charge is -2.37. The van der Waals surface area contributed by atoms with Gasteiger partial charge in [0.25, 0.3) is 0 Å². The van der Waals surface area contributed by atoms with Crippen LogP contribution in [0.4, 0.5) is 10.5 Å². The summed E-state index contributed by atoms with van der Waals surface area (Å²) < 4.78 is 0. The van der Waals surface area contributed by atoms with Crippen LogP contribution in [0.15, 0.2) is 41.8 Å². The predicted molar refractivity (Wildman–Crippen MR) is 104 cm³/mol. The second kappa shape index (κ2) is 8.81. The summed E-state index contributed by atoms with van der Waals surface area (Å²) in [5, 5.41) is 16.7. The van der Waals surface area contributed by atoms with Gasteiger partial charge in [0, 0.05) is 43.3 Å². The molecule has 136 valence electrons. The van der Waals surface area contributed by atoms with Gasteiger partial charge in [0.2, 0.25) is 0 Å². The van der Waals surface area contributed by atoms with E-state index in [4.69, 9.17) is 5.26 Å². The first kappa shape index (κ1) is 18.4. The zero-order chi connectivity index (χ0) is 18.4. The highest BCUT2D eigenvalue weighted by Crippen LogP contribution is 2.25. The van der Waals surface area contributed by atoms with Gasteiger partial charge in [0.15, 0.2) is 0 Å². The third kappa shape index (κ3) is 4.82. The Hall–Kier alpha value is -2.40. The van der Waals surface area contributed by atoms with Crippen molar-refractivity contribution in [3.05, 3.63) is 52.2 Å². The number of likely N-dealkylation sites (N-methyl/N-ethyl adjacent to an activating group) is 1. The van der Waals surface area contributed by atoms with E-state index < -0.39 is 0 Å². The van der Waals surface area contributed by atoms with E-state index in [1.165, 1.54) is 4.88 Å². The Morgan fingerprint density at radius 2 is 1.96 bits per heavy atom. The van der Waals surface area contributed by atoms with Gasteiger partial charge in [-0.2, -0.15) is 5.26 Å². The third-order valence-corrected chi connectivity index (χ3v) is 5.55. The number of carbonyl (C=O) groups is 1. The van der Waals surface area contributed by atoms with Gasteiger partial charge in [0.05, 0.1) is 17.7 Å². The van der Waals surface area contributed by atoms with E-state index in [1.807, 2.05) is 0 Å². The first-order valence-corrected chi connectivity index (χ1v) is 9.54. The van der Waals surface area contributed by atoms with E-state index in [9.17, 15) is 4.79 Å². The second-order valence-electron chi connectivity index (χ2n) is 6.39. The van der Waals surface area contributed by atoms with Crippen LogP contribution in [0.2, 0.25) is 0 Å². The fourth-order valence-electron chi connectivity index (χ4n) is 3.02. The number of hydrogen-bond acceptors (Lipinski definition) is 5. The summed E-state index contributed by atoms with van der Waals surface area (Å²) in [4.78, 5) is 18.3. The lowest BCUT2D eigenvalue weighted by molar-refractivity contribution is 0.113. The third-order valence-electron chi connectivity index (χ3n) is 4.58. The van der Waals surface area contributed by atoms with Gasteiger partial charge in [-0.15, -0.1) is 11.3 Å². The number of rotatable bonds is 5. The van der Waals surface area contributed by atoms with E-state index in [0.717, 1.165) is 26.2 Å². The molecular formula is C19H23N5OS. The van der Waals surface area contributed by atoms with E-state index in [-0.39, 0.29) is 12.1 Å². The van der Waals surface area contributed by atoms with Crippen molar-refractivity contribution in [3.63, 3.8) is 0 Å². The minimum Gasteiger partial charge on any atom is -0.336 e. The Bertz CT molecular complexity index is 745. The number of amides is 2. The minimum atomic E-state index is -0.231. The molecule has 0 saturated carbocycles. The van der Waals surface area contributed by atoms with Gasteiger partial charge < -0.3 is 15.5 Å². The molecule has 1 fully saturated rings. The summed E-state index contributed by atoms with van der Waals surface area (Å²) >= 11 is 1.73. The van der Waals surface area contributed by atoms with Gasteiger partial charge >= 0.3 is 6.03 Å². The van der Waals surface area contributed by atoms with Gasteiger partial charge in [-0.05, 0) is 42.8 Å². The van der Waals surface area contributed by atoms with Crippen molar-refractivity contribution < 1.29 is 4.79 Å². The first-order chi connectivity index (χ1) is 12.7. The molecule has 2 N–H and O–H groups in total. The molecule has 0 spiro atoms. The topological polar surface area (TPSA) is 71.4 Å². The molecule has 2 aromatic rings. The molecule has 6 nitrogen and oxygen atoms in total. The monoisotopic (exact) mass is 369 g/mol. The van der Waals surface area contributed by atoms with E-state index >= 15 is 0 Å². The van der Waals surface area contributed by atoms with Crippen molar-refractivity contribution in [1.82, 2.24) is 15.1 Å². The molecule has 1 aliphatic heterocycles. The summed E-state index contributed by atoms with van der Waals surface area (Å²) in [6.45, 7) is 4.64. The Kier molecular flexibility index (Phi) is 6.23. The van der Waals surface area contributed by atoms with Crippen molar-refractivity contribution in [1.29, 1.82) is 5.26 Å². The maximum absolute atomic E-state index is 12.3. The summed E-state index contributed by atoms with van der Waals surface area (Å²) in [7, 11) is 2.14. The highest BCUT2D eigenvalue weighted by molar-refractivity contribution is 7.10. The molecule has 1 aromatic heterocycles. The number of nitriles is 1. The fourth-order valence-corrected chi connectivity index (χ4v) is 3.88. The van der Waals surface area contributed by atoms with E-state index in [1.54, 1.807) is 35.6 Å². The number of carbonyl (C=O) groups excluding carboxylic acids is 1. The highest BCUT2D eigenvalue weighted by Gasteiger charge is 2.25. The summed E-state index contributed by atoms with van der Waals surface area (Å²) in [5.41, 5.74) is 1.25. The molecule has 0 bridgehead atoms. The van der Waals surface area contributed by atoms with Crippen molar-refractivity contribution in [2.45, 2.75) is 6.04 Å². The molecule has 0 radical (unpaired) electrons. The Balaban J connectivity index is 1.58. The van der Waals surface area contributed by atoms with Crippen LogP contribution in [0.25, 0.3) is 0 Å². The zero-order valence-corrected chi connectivity index (χ0v) is 15.6.